The van der Waals surface area contributed by atoms with E-state index in [9.17, 15) is 10.2 Å². The van der Waals surface area contributed by atoms with Gasteiger partial charge in [-0.25, -0.2) is 0 Å². The standard InChI is InChI=1S/C6H10O5/c7-3-2-1-10-5(3)4(8)6(9)11-2/h2-9H,1H2/t2-,3-,4+,5+,6+/m0/s1. The first kappa shape index (κ1) is 7.45. The van der Waals surface area contributed by atoms with E-state index in [1.165, 1.54) is 0 Å². The molecule has 0 saturated carbocycles. The minimum atomic E-state index is -1.23. The zero-order chi connectivity index (χ0) is 8.01. The summed E-state index contributed by atoms with van der Waals surface area (Å²) in [5.74, 6) is 0. The normalized spacial score (nSPS) is 56.5. The Kier molecular flexibility index (Phi) is 1.62. The molecular weight excluding hydrogens is 152 g/mol. The van der Waals surface area contributed by atoms with Gasteiger partial charge in [-0.15, -0.1) is 0 Å². The maximum atomic E-state index is 9.28. The number of aliphatic hydroxyl groups is 3. The van der Waals surface area contributed by atoms with Crippen molar-refractivity contribution in [2.45, 2.75) is 30.7 Å². The van der Waals surface area contributed by atoms with Crippen LogP contribution in [0.25, 0.3) is 0 Å². The van der Waals surface area contributed by atoms with Crippen molar-refractivity contribution in [3.63, 3.8) is 0 Å². The Balaban J connectivity index is 2.16. The molecule has 0 aromatic heterocycles. The molecule has 0 spiro atoms. The number of rotatable bonds is 0. The van der Waals surface area contributed by atoms with E-state index in [1.807, 2.05) is 0 Å². The van der Waals surface area contributed by atoms with Crippen LogP contribution in [0.5, 0.6) is 0 Å². The second-order valence-corrected chi connectivity index (χ2v) is 2.84. The summed E-state index contributed by atoms with van der Waals surface area (Å²) in [6.45, 7) is 0.236. The third kappa shape index (κ3) is 0.969. The molecule has 0 aromatic carbocycles. The van der Waals surface area contributed by atoms with E-state index in [-0.39, 0.29) is 6.61 Å². The molecule has 2 rings (SSSR count). The smallest absolute Gasteiger partial charge is 0.184 e. The molecule has 2 bridgehead atoms. The zero-order valence-corrected chi connectivity index (χ0v) is 5.75. The molecule has 0 unspecified atom stereocenters. The molecule has 64 valence electrons. The molecule has 5 nitrogen and oxygen atoms in total. The van der Waals surface area contributed by atoms with E-state index in [2.05, 4.69) is 0 Å². The highest BCUT2D eigenvalue weighted by Crippen LogP contribution is 2.28. The van der Waals surface area contributed by atoms with Gasteiger partial charge in [0.15, 0.2) is 6.29 Å². The topological polar surface area (TPSA) is 79.2 Å². The van der Waals surface area contributed by atoms with Gasteiger partial charge in [-0.1, -0.05) is 0 Å². The molecule has 0 amide bonds. The lowest BCUT2D eigenvalue weighted by Crippen LogP contribution is -2.52. The fourth-order valence-electron chi connectivity index (χ4n) is 1.46. The highest BCUT2D eigenvalue weighted by Gasteiger charge is 2.49. The first-order valence-corrected chi connectivity index (χ1v) is 3.51. The molecule has 0 aliphatic carbocycles. The van der Waals surface area contributed by atoms with E-state index >= 15 is 0 Å². The van der Waals surface area contributed by atoms with Crippen molar-refractivity contribution in [3.8, 4) is 0 Å². The second-order valence-electron chi connectivity index (χ2n) is 2.84. The molecule has 2 heterocycles. The van der Waals surface area contributed by atoms with Crippen molar-refractivity contribution in [1.82, 2.24) is 0 Å². The Morgan fingerprint density at radius 1 is 1.09 bits per heavy atom. The molecule has 11 heavy (non-hydrogen) atoms. The summed E-state index contributed by atoms with van der Waals surface area (Å²) < 4.78 is 9.82. The Morgan fingerprint density at radius 3 is 2.55 bits per heavy atom. The molecule has 3 N–H and O–H groups in total. The van der Waals surface area contributed by atoms with Gasteiger partial charge in [0.1, 0.15) is 24.4 Å². The van der Waals surface area contributed by atoms with E-state index in [0.29, 0.717) is 0 Å². The van der Waals surface area contributed by atoms with Crippen LogP contribution in [0.2, 0.25) is 0 Å². The van der Waals surface area contributed by atoms with Crippen molar-refractivity contribution in [3.05, 3.63) is 0 Å². The lowest BCUT2D eigenvalue weighted by atomic mass is 10.0. The van der Waals surface area contributed by atoms with Gasteiger partial charge in [0, 0.05) is 0 Å². The van der Waals surface area contributed by atoms with Gasteiger partial charge < -0.3 is 24.8 Å². The fraction of sp³-hybridized carbons (Fsp3) is 1.00. The van der Waals surface area contributed by atoms with Crippen LogP contribution in [0, 0.1) is 0 Å². The lowest BCUT2D eigenvalue weighted by Gasteiger charge is -2.31. The van der Waals surface area contributed by atoms with Crippen LogP contribution in [0.15, 0.2) is 0 Å². The quantitative estimate of drug-likeness (QED) is 0.377. The lowest BCUT2D eigenvalue weighted by molar-refractivity contribution is -0.242. The Labute approximate surface area is 63.2 Å². The highest BCUT2D eigenvalue weighted by molar-refractivity contribution is 4.94. The third-order valence-electron chi connectivity index (χ3n) is 2.11. The number of hydrogen-bond acceptors (Lipinski definition) is 5. The number of hydrogen-bond donors (Lipinski definition) is 3. The Hall–Kier alpha value is -0.200. The molecule has 5 heteroatoms. The molecule has 2 aliphatic heterocycles. The predicted molar refractivity (Wildman–Crippen MR) is 32.6 cm³/mol. The first-order chi connectivity index (χ1) is 5.20. The molecule has 2 saturated heterocycles. The fourth-order valence-corrected chi connectivity index (χ4v) is 1.46. The van der Waals surface area contributed by atoms with Crippen molar-refractivity contribution in [2.24, 2.45) is 0 Å². The number of fused-ring (bicyclic) bond motifs is 2. The van der Waals surface area contributed by atoms with Crippen LogP contribution < -0.4 is 0 Å². The summed E-state index contributed by atoms with van der Waals surface area (Å²) in [5, 5.41) is 27.5. The van der Waals surface area contributed by atoms with Crippen molar-refractivity contribution >= 4 is 0 Å². The van der Waals surface area contributed by atoms with Crippen molar-refractivity contribution in [1.29, 1.82) is 0 Å². The Bertz CT molecular complexity index is 161. The molecular formula is C6H10O5. The number of aliphatic hydroxyl groups excluding tert-OH is 3. The SMILES string of the molecule is O[C@@H]1[C@@H]2OC[C@H](O[C@H]1O)[C@@H]2O. The zero-order valence-electron chi connectivity index (χ0n) is 5.75. The van der Waals surface area contributed by atoms with Crippen molar-refractivity contribution < 1.29 is 24.8 Å². The second kappa shape index (κ2) is 2.40. The van der Waals surface area contributed by atoms with Gasteiger partial charge in [-0.2, -0.15) is 0 Å². The van der Waals surface area contributed by atoms with Crippen molar-refractivity contribution in [2.75, 3.05) is 6.61 Å². The van der Waals surface area contributed by atoms with Gasteiger partial charge in [-0.05, 0) is 0 Å². The minimum Gasteiger partial charge on any atom is -0.387 e. The maximum absolute atomic E-state index is 9.28. The van der Waals surface area contributed by atoms with E-state index in [1.54, 1.807) is 0 Å². The van der Waals surface area contributed by atoms with Gasteiger partial charge in [0.25, 0.3) is 0 Å². The molecule has 0 aromatic rings. The van der Waals surface area contributed by atoms with Gasteiger partial charge >= 0.3 is 0 Å². The first-order valence-electron chi connectivity index (χ1n) is 3.51. The molecule has 0 radical (unpaired) electrons. The molecule has 2 aliphatic rings. The van der Waals surface area contributed by atoms with Crippen LogP contribution >= 0.6 is 0 Å². The molecule has 2 fully saturated rings. The third-order valence-corrected chi connectivity index (χ3v) is 2.11. The summed E-state index contributed by atoms with van der Waals surface area (Å²) in [7, 11) is 0. The van der Waals surface area contributed by atoms with Gasteiger partial charge in [0.2, 0.25) is 0 Å². The summed E-state index contributed by atoms with van der Waals surface area (Å²) in [6, 6.07) is 0. The van der Waals surface area contributed by atoms with Crippen LogP contribution in [0.4, 0.5) is 0 Å². The van der Waals surface area contributed by atoms with E-state index < -0.39 is 30.7 Å². The molecule has 5 atom stereocenters. The Morgan fingerprint density at radius 2 is 1.82 bits per heavy atom. The predicted octanol–water partition coefficient (Wildman–Crippen LogP) is -2.18. The maximum Gasteiger partial charge on any atom is 0.184 e. The summed E-state index contributed by atoms with van der Waals surface area (Å²) in [4.78, 5) is 0. The van der Waals surface area contributed by atoms with Gasteiger partial charge in [0.05, 0.1) is 6.61 Å². The number of ether oxygens (including phenoxy) is 2. The summed E-state index contributed by atoms with van der Waals surface area (Å²) in [6.07, 6.45) is -4.35. The minimum absolute atomic E-state index is 0.236. The summed E-state index contributed by atoms with van der Waals surface area (Å²) in [5.41, 5.74) is 0. The van der Waals surface area contributed by atoms with E-state index in [0.717, 1.165) is 0 Å². The van der Waals surface area contributed by atoms with Crippen LogP contribution in [0.1, 0.15) is 0 Å². The van der Waals surface area contributed by atoms with Gasteiger partial charge in [-0.3, -0.25) is 0 Å². The largest absolute Gasteiger partial charge is 0.387 e. The van der Waals surface area contributed by atoms with Crippen LogP contribution in [0.3, 0.4) is 0 Å². The summed E-state index contributed by atoms with van der Waals surface area (Å²) >= 11 is 0. The average molecular weight is 162 g/mol. The highest BCUT2D eigenvalue weighted by atomic mass is 16.7. The monoisotopic (exact) mass is 162 g/mol. The van der Waals surface area contributed by atoms with Crippen LogP contribution in [-0.4, -0.2) is 52.6 Å². The average Bonchev–Trinajstić information content (AvgIpc) is 2.23. The van der Waals surface area contributed by atoms with Crippen LogP contribution in [-0.2, 0) is 9.47 Å². The van der Waals surface area contributed by atoms with E-state index in [4.69, 9.17) is 14.6 Å².